The van der Waals surface area contributed by atoms with Crippen LogP contribution >= 0.6 is 0 Å². The average molecular weight is 372 g/mol. The molecule has 0 unspecified atom stereocenters. The fourth-order valence-electron chi connectivity index (χ4n) is 3.36. The van der Waals surface area contributed by atoms with E-state index < -0.39 is 11.0 Å². The Labute approximate surface area is 161 Å². The molecule has 0 aliphatic carbocycles. The van der Waals surface area contributed by atoms with Gasteiger partial charge in [0.05, 0.1) is 12.5 Å². The molecule has 6 heteroatoms. The largest absolute Gasteiger partial charge is 0.469 e. The van der Waals surface area contributed by atoms with Crippen LogP contribution in [0, 0.1) is 12.0 Å². The van der Waals surface area contributed by atoms with Crippen molar-refractivity contribution in [2.45, 2.75) is 52.2 Å². The lowest BCUT2D eigenvalue weighted by atomic mass is 9.73. The Morgan fingerprint density at radius 3 is 2.19 bits per heavy atom. The Morgan fingerprint density at radius 2 is 1.70 bits per heavy atom. The zero-order valence-electron chi connectivity index (χ0n) is 16.6. The topological polar surface area (TPSA) is 60.2 Å². The van der Waals surface area contributed by atoms with Crippen molar-refractivity contribution in [2.75, 3.05) is 20.2 Å². The Hall–Kier alpha value is -2.55. The van der Waals surface area contributed by atoms with Crippen LogP contribution in [0.5, 0.6) is 0 Å². The lowest BCUT2D eigenvalue weighted by Crippen LogP contribution is -2.49. The van der Waals surface area contributed by atoms with Gasteiger partial charge in [0.25, 0.3) is 0 Å². The number of hydrogen-bond acceptors (Lipinski definition) is 4. The molecule has 1 aliphatic heterocycles. The van der Waals surface area contributed by atoms with Crippen LogP contribution in [-0.4, -0.2) is 42.8 Å². The SMILES string of the molecule is [C-]#[N+]Cc1ccc(CC2(C(=O)OC)CCN(C(=O)OC(C)(C)C)CC2)cc1. The minimum atomic E-state index is -0.644. The first kappa shape index (κ1) is 20.8. The van der Waals surface area contributed by atoms with E-state index in [1.54, 1.807) is 4.90 Å². The number of benzene rings is 1. The van der Waals surface area contributed by atoms with Gasteiger partial charge in [-0.2, -0.15) is 0 Å². The van der Waals surface area contributed by atoms with Crippen molar-refractivity contribution in [3.05, 3.63) is 46.8 Å². The van der Waals surface area contributed by atoms with Crippen LogP contribution in [0.2, 0.25) is 0 Å². The van der Waals surface area contributed by atoms with E-state index in [1.807, 2.05) is 45.0 Å². The molecule has 1 aromatic rings. The lowest BCUT2D eigenvalue weighted by molar-refractivity contribution is -0.155. The third-order valence-corrected chi connectivity index (χ3v) is 4.82. The van der Waals surface area contributed by atoms with E-state index in [0.717, 1.165) is 11.1 Å². The molecule has 0 atom stereocenters. The standard InChI is InChI=1S/C21H28N2O4/c1-20(2,3)27-19(25)23-12-10-21(11-13-23,18(24)26-5)14-16-6-8-17(9-7-16)15-22-4/h6-9H,10-15H2,1-3,5H3. The van der Waals surface area contributed by atoms with E-state index in [2.05, 4.69) is 4.85 Å². The van der Waals surface area contributed by atoms with Crippen LogP contribution in [0.3, 0.4) is 0 Å². The van der Waals surface area contributed by atoms with Crippen LogP contribution in [0.15, 0.2) is 24.3 Å². The van der Waals surface area contributed by atoms with Gasteiger partial charge in [0.2, 0.25) is 6.54 Å². The van der Waals surface area contributed by atoms with Crippen molar-refractivity contribution in [1.82, 2.24) is 4.90 Å². The summed E-state index contributed by atoms with van der Waals surface area (Å²) in [5, 5.41) is 0. The van der Waals surface area contributed by atoms with Gasteiger partial charge in [-0.05, 0) is 45.6 Å². The molecule has 0 spiro atoms. The number of piperidine rings is 1. The predicted octanol–water partition coefficient (Wildman–Crippen LogP) is 3.84. The molecule has 0 aromatic heterocycles. The highest BCUT2D eigenvalue weighted by molar-refractivity contribution is 5.78. The molecular formula is C21H28N2O4. The highest BCUT2D eigenvalue weighted by Gasteiger charge is 2.43. The molecule has 1 fully saturated rings. The van der Waals surface area contributed by atoms with Crippen molar-refractivity contribution in [3.63, 3.8) is 0 Å². The zero-order valence-corrected chi connectivity index (χ0v) is 16.6. The van der Waals surface area contributed by atoms with Gasteiger partial charge < -0.3 is 19.2 Å². The molecule has 146 valence electrons. The molecule has 0 bridgehead atoms. The summed E-state index contributed by atoms with van der Waals surface area (Å²) >= 11 is 0. The Bertz CT molecular complexity index is 705. The molecule has 6 nitrogen and oxygen atoms in total. The fourth-order valence-corrected chi connectivity index (χ4v) is 3.36. The van der Waals surface area contributed by atoms with Crippen LogP contribution < -0.4 is 0 Å². The van der Waals surface area contributed by atoms with E-state index in [-0.39, 0.29) is 12.1 Å². The summed E-state index contributed by atoms with van der Waals surface area (Å²) in [4.78, 5) is 29.9. The molecule has 0 radical (unpaired) electrons. The summed E-state index contributed by atoms with van der Waals surface area (Å²) < 4.78 is 10.5. The number of rotatable bonds is 4. The molecule has 0 N–H and O–H groups in total. The van der Waals surface area contributed by atoms with Gasteiger partial charge in [0.1, 0.15) is 5.60 Å². The summed E-state index contributed by atoms with van der Waals surface area (Å²) in [6.45, 7) is 13.7. The molecule has 1 saturated heterocycles. The first-order valence-corrected chi connectivity index (χ1v) is 9.16. The molecule has 1 aromatic carbocycles. The molecule has 1 aliphatic rings. The minimum absolute atomic E-state index is 0.239. The van der Waals surface area contributed by atoms with E-state index in [0.29, 0.717) is 38.9 Å². The summed E-state index contributed by atoms with van der Waals surface area (Å²) in [5.41, 5.74) is 0.802. The van der Waals surface area contributed by atoms with Gasteiger partial charge in [-0.15, -0.1) is 0 Å². The van der Waals surface area contributed by atoms with Gasteiger partial charge in [0, 0.05) is 18.7 Å². The normalized spacial score (nSPS) is 16.3. The summed E-state index contributed by atoms with van der Waals surface area (Å²) in [6, 6.07) is 7.78. The van der Waals surface area contributed by atoms with Crippen molar-refractivity contribution in [3.8, 4) is 0 Å². The predicted molar refractivity (Wildman–Crippen MR) is 102 cm³/mol. The van der Waals surface area contributed by atoms with Crippen LogP contribution in [0.1, 0.15) is 44.7 Å². The number of nitrogens with zero attached hydrogens (tertiary/aromatic N) is 2. The molecule has 0 saturated carbocycles. The summed E-state index contributed by atoms with van der Waals surface area (Å²) in [7, 11) is 1.41. The first-order valence-electron chi connectivity index (χ1n) is 9.16. The van der Waals surface area contributed by atoms with Gasteiger partial charge in [-0.3, -0.25) is 4.79 Å². The molecule has 1 heterocycles. The number of carbonyl (C=O) groups is 2. The Morgan fingerprint density at radius 1 is 1.15 bits per heavy atom. The zero-order chi connectivity index (χ0) is 20.1. The first-order chi connectivity index (χ1) is 12.7. The van der Waals surface area contributed by atoms with Crippen molar-refractivity contribution in [2.24, 2.45) is 5.41 Å². The van der Waals surface area contributed by atoms with Crippen LogP contribution in [0.25, 0.3) is 4.85 Å². The smallest absolute Gasteiger partial charge is 0.410 e. The lowest BCUT2D eigenvalue weighted by Gasteiger charge is -2.40. The highest BCUT2D eigenvalue weighted by atomic mass is 16.6. The number of methoxy groups -OCH3 is 1. The van der Waals surface area contributed by atoms with Crippen molar-refractivity contribution in [1.29, 1.82) is 0 Å². The Balaban J connectivity index is 2.09. The van der Waals surface area contributed by atoms with E-state index in [9.17, 15) is 9.59 Å². The van der Waals surface area contributed by atoms with E-state index in [4.69, 9.17) is 16.0 Å². The molecule has 27 heavy (non-hydrogen) atoms. The number of hydrogen-bond donors (Lipinski definition) is 0. The van der Waals surface area contributed by atoms with E-state index >= 15 is 0 Å². The maximum Gasteiger partial charge on any atom is 0.410 e. The number of ether oxygens (including phenoxy) is 2. The maximum absolute atomic E-state index is 12.6. The second kappa shape index (κ2) is 8.43. The number of amides is 1. The highest BCUT2D eigenvalue weighted by Crippen LogP contribution is 2.37. The van der Waals surface area contributed by atoms with Crippen molar-refractivity contribution >= 4 is 12.1 Å². The summed E-state index contributed by atoms with van der Waals surface area (Å²) in [5.74, 6) is -0.239. The second-order valence-electron chi connectivity index (χ2n) is 8.05. The number of esters is 1. The summed E-state index contributed by atoms with van der Waals surface area (Å²) in [6.07, 6.45) is 1.27. The average Bonchev–Trinajstić information content (AvgIpc) is 2.62. The van der Waals surface area contributed by atoms with E-state index in [1.165, 1.54) is 7.11 Å². The minimum Gasteiger partial charge on any atom is -0.469 e. The molecule has 1 amide bonds. The molecular weight excluding hydrogens is 344 g/mol. The van der Waals surface area contributed by atoms with Gasteiger partial charge in [-0.25, -0.2) is 11.4 Å². The number of likely N-dealkylation sites (tertiary alicyclic amines) is 1. The van der Waals surface area contributed by atoms with Gasteiger partial charge >= 0.3 is 12.1 Å². The quantitative estimate of drug-likeness (QED) is 0.595. The second-order valence-corrected chi connectivity index (χ2v) is 8.05. The third kappa shape index (κ3) is 5.46. The molecule has 2 rings (SSSR count). The van der Waals surface area contributed by atoms with Crippen LogP contribution in [0.4, 0.5) is 4.79 Å². The fraction of sp³-hybridized carbons (Fsp3) is 0.571. The maximum atomic E-state index is 12.6. The van der Waals surface area contributed by atoms with Crippen molar-refractivity contribution < 1.29 is 19.1 Å². The third-order valence-electron chi connectivity index (χ3n) is 4.82. The Kier molecular flexibility index (Phi) is 6.48. The number of carbonyl (C=O) groups excluding carboxylic acids is 2. The van der Waals surface area contributed by atoms with Crippen LogP contribution in [-0.2, 0) is 27.2 Å². The van der Waals surface area contributed by atoms with Gasteiger partial charge in [-0.1, -0.05) is 24.3 Å². The monoisotopic (exact) mass is 372 g/mol. The van der Waals surface area contributed by atoms with Gasteiger partial charge in [0.15, 0.2) is 0 Å².